The van der Waals surface area contributed by atoms with Gasteiger partial charge in [0.15, 0.2) is 0 Å². The number of thioether (sulfide) groups is 1. The van der Waals surface area contributed by atoms with Crippen molar-refractivity contribution in [3.8, 4) is 0 Å². The van der Waals surface area contributed by atoms with Crippen molar-refractivity contribution in [1.29, 1.82) is 0 Å². The molecular weight excluding hydrogens is 383 g/mol. The average Bonchev–Trinajstić information content (AvgIpc) is 2.58. The van der Waals surface area contributed by atoms with E-state index in [0.717, 1.165) is 11.8 Å². The number of halogens is 1. The Balaban J connectivity index is 2.55. The lowest BCUT2D eigenvalue weighted by molar-refractivity contribution is -0.140. The normalized spacial score (nSPS) is 12.6. The van der Waals surface area contributed by atoms with Crippen molar-refractivity contribution in [2.45, 2.75) is 30.7 Å². The quantitative estimate of drug-likeness (QED) is 0.369. The van der Waals surface area contributed by atoms with Crippen molar-refractivity contribution in [2.75, 3.05) is 5.75 Å². The van der Waals surface area contributed by atoms with Gasteiger partial charge in [0.2, 0.25) is 0 Å². The maximum atomic E-state index is 13.5. The van der Waals surface area contributed by atoms with Crippen molar-refractivity contribution in [3.05, 3.63) is 35.6 Å². The number of aliphatic carboxylic acids is 3. The number of urea groups is 1. The van der Waals surface area contributed by atoms with E-state index in [2.05, 4.69) is 5.32 Å². The number of rotatable bonds is 11. The van der Waals surface area contributed by atoms with Crippen LogP contribution in [0.15, 0.2) is 24.3 Å². The lowest BCUT2D eigenvalue weighted by atomic mass is 10.1. The number of nitrogens with one attached hydrogen (secondary N) is 2. The van der Waals surface area contributed by atoms with Gasteiger partial charge in [-0.05, 0) is 18.1 Å². The number of carboxylic acids is 3. The van der Waals surface area contributed by atoms with Crippen LogP contribution in [0.1, 0.15) is 18.4 Å². The standard InChI is InChI=1S/C16H19FN2O7S/c17-10-4-2-1-3-9(10)7-27-8-12(15(24)25)19-16(26)18-11(14(22)23)5-6-13(20)21/h1-4,11-12H,5-8H2,(H,20,21)(H,22,23)(H,24,25)(H2,18,19,26). The van der Waals surface area contributed by atoms with Crippen molar-refractivity contribution >= 4 is 35.7 Å². The molecule has 1 rings (SSSR count). The van der Waals surface area contributed by atoms with Gasteiger partial charge in [-0.3, -0.25) is 4.79 Å². The fourth-order valence-electron chi connectivity index (χ4n) is 1.96. The first kappa shape index (κ1) is 22.2. The smallest absolute Gasteiger partial charge is 0.327 e. The van der Waals surface area contributed by atoms with E-state index in [-0.39, 0.29) is 17.9 Å². The Morgan fingerprint density at radius 3 is 2.15 bits per heavy atom. The molecule has 0 heterocycles. The summed E-state index contributed by atoms with van der Waals surface area (Å²) < 4.78 is 13.5. The maximum absolute atomic E-state index is 13.5. The van der Waals surface area contributed by atoms with Gasteiger partial charge in [-0.2, -0.15) is 11.8 Å². The molecule has 2 unspecified atom stereocenters. The summed E-state index contributed by atoms with van der Waals surface area (Å²) in [5.74, 6) is -4.32. The van der Waals surface area contributed by atoms with Crippen LogP contribution in [0.3, 0.4) is 0 Å². The number of carbonyl (C=O) groups is 4. The summed E-state index contributed by atoms with van der Waals surface area (Å²) in [7, 11) is 0. The first-order valence-electron chi connectivity index (χ1n) is 7.76. The van der Waals surface area contributed by atoms with Gasteiger partial charge < -0.3 is 26.0 Å². The molecule has 11 heteroatoms. The minimum atomic E-state index is -1.47. The van der Waals surface area contributed by atoms with Crippen molar-refractivity contribution in [3.63, 3.8) is 0 Å². The van der Waals surface area contributed by atoms with Gasteiger partial charge in [0.05, 0.1) is 0 Å². The second-order valence-corrected chi connectivity index (χ2v) is 6.47. The number of carboxylic acid groups (broad SMARTS) is 3. The number of hydrogen-bond donors (Lipinski definition) is 5. The van der Waals surface area contributed by atoms with Crippen LogP contribution in [-0.2, 0) is 20.1 Å². The van der Waals surface area contributed by atoms with E-state index in [4.69, 9.17) is 15.3 Å². The summed E-state index contributed by atoms with van der Waals surface area (Å²) in [5, 5.41) is 30.9. The van der Waals surface area contributed by atoms with Crippen molar-refractivity contribution < 1.29 is 38.9 Å². The Bertz CT molecular complexity index is 701. The molecule has 2 amide bonds. The molecule has 0 saturated carbocycles. The molecule has 1 aromatic carbocycles. The zero-order valence-corrected chi connectivity index (χ0v) is 14.9. The van der Waals surface area contributed by atoms with Crippen LogP contribution in [0.4, 0.5) is 9.18 Å². The summed E-state index contributed by atoms with van der Waals surface area (Å²) in [6.45, 7) is 0. The first-order valence-corrected chi connectivity index (χ1v) is 8.91. The van der Waals surface area contributed by atoms with Gasteiger partial charge in [0.25, 0.3) is 0 Å². The lowest BCUT2D eigenvalue weighted by Gasteiger charge is -2.18. The third kappa shape index (κ3) is 8.40. The summed E-state index contributed by atoms with van der Waals surface area (Å²) in [6, 6.07) is 2.14. The number of benzene rings is 1. The van der Waals surface area contributed by atoms with Gasteiger partial charge in [-0.1, -0.05) is 18.2 Å². The summed E-state index contributed by atoms with van der Waals surface area (Å²) in [4.78, 5) is 44.6. The molecule has 0 radical (unpaired) electrons. The molecule has 148 valence electrons. The molecule has 0 aliphatic rings. The Morgan fingerprint density at radius 2 is 1.59 bits per heavy atom. The van der Waals surface area contributed by atoms with Crippen molar-refractivity contribution in [1.82, 2.24) is 10.6 Å². The highest BCUT2D eigenvalue weighted by atomic mass is 32.2. The van der Waals surface area contributed by atoms with E-state index < -0.39 is 48.3 Å². The third-order valence-electron chi connectivity index (χ3n) is 3.35. The molecule has 0 fully saturated rings. The van der Waals surface area contributed by atoms with E-state index in [1.54, 1.807) is 12.1 Å². The SMILES string of the molecule is O=C(O)CCC(NC(=O)NC(CSCc1ccccc1F)C(=O)O)C(=O)O. The molecule has 0 aliphatic carbocycles. The third-order valence-corrected chi connectivity index (χ3v) is 4.44. The Kier molecular flexibility index (Phi) is 9.06. The van der Waals surface area contributed by atoms with Crippen LogP contribution in [0.5, 0.6) is 0 Å². The van der Waals surface area contributed by atoms with Crippen molar-refractivity contribution in [2.24, 2.45) is 0 Å². The van der Waals surface area contributed by atoms with E-state index in [9.17, 15) is 23.6 Å². The Labute approximate surface area is 157 Å². The van der Waals surface area contributed by atoms with Crippen LogP contribution < -0.4 is 10.6 Å². The zero-order valence-electron chi connectivity index (χ0n) is 14.1. The number of hydrogen-bond acceptors (Lipinski definition) is 5. The second kappa shape index (κ2) is 11.0. The van der Waals surface area contributed by atoms with E-state index in [1.807, 2.05) is 5.32 Å². The number of carbonyl (C=O) groups excluding carboxylic acids is 1. The molecule has 5 N–H and O–H groups in total. The highest BCUT2D eigenvalue weighted by Crippen LogP contribution is 2.16. The van der Waals surface area contributed by atoms with Gasteiger partial charge in [0, 0.05) is 17.9 Å². The van der Waals surface area contributed by atoms with Crippen LogP contribution >= 0.6 is 11.8 Å². The fourth-order valence-corrected chi connectivity index (χ4v) is 2.99. The Morgan fingerprint density at radius 1 is 1.00 bits per heavy atom. The summed E-state index contributed by atoms with van der Waals surface area (Å²) in [6.07, 6.45) is -0.823. The van der Waals surface area contributed by atoms with E-state index in [1.165, 1.54) is 12.1 Å². The molecule has 0 aliphatic heterocycles. The monoisotopic (exact) mass is 402 g/mol. The molecule has 9 nitrogen and oxygen atoms in total. The predicted molar refractivity (Wildman–Crippen MR) is 93.9 cm³/mol. The summed E-state index contributed by atoms with van der Waals surface area (Å²) >= 11 is 1.08. The fraction of sp³-hybridized carbons (Fsp3) is 0.375. The minimum absolute atomic E-state index is 0.0794. The molecule has 0 saturated heterocycles. The lowest BCUT2D eigenvalue weighted by Crippen LogP contribution is -2.52. The van der Waals surface area contributed by atoms with E-state index >= 15 is 0 Å². The maximum Gasteiger partial charge on any atom is 0.327 e. The van der Waals surface area contributed by atoms with Gasteiger partial charge >= 0.3 is 23.9 Å². The molecular formula is C16H19FN2O7S. The summed E-state index contributed by atoms with van der Waals surface area (Å²) in [5.41, 5.74) is 0.385. The highest BCUT2D eigenvalue weighted by molar-refractivity contribution is 7.98. The average molecular weight is 402 g/mol. The van der Waals surface area contributed by atoms with E-state index in [0.29, 0.717) is 5.56 Å². The largest absolute Gasteiger partial charge is 0.481 e. The van der Waals surface area contributed by atoms with Gasteiger partial charge in [-0.15, -0.1) is 0 Å². The molecule has 1 aromatic rings. The van der Waals surface area contributed by atoms with Gasteiger partial charge in [-0.25, -0.2) is 18.8 Å². The predicted octanol–water partition coefficient (Wildman–Crippen LogP) is 1.13. The van der Waals surface area contributed by atoms with Crippen LogP contribution in [0, 0.1) is 5.82 Å². The number of amides is 2. The van der Waals surface area contributed by atoms with Crippen LogP contribution in [0.25, 0.3) is 0 Å². The van der Waals surface area contributed by atoms with Gasteiger partial charge in [0.1, 0.15) is 17.9 Å². The topological polar surface area (TPSA) is 153 Å². The second-order valence-electron chi connectivity index (χ2n) is 5.44. The zero-order chi connectivity index (χ0) is 20.4. The molecule has 0 spiro atoms. The highest BCUT2D eigenvalue weighted by Gasteiger charge is 2.25. The van der Waals surface area contributed by atoms with Crippen LogP contribution in [-0.4, -0.2) is 57.1 Å². The van der Waals surface area contributed by atoms with Crippen LogP contribution in [0.2, 0.25) is 0 Å². The molecule has 27 heavy (non-hydrogen) atoms. The Hall–Kier alpha value is -2.82. The first-order chi connectivity index (χ1) is 12.7. The molecule has 2 atom stereocenters. The molecule has 0 bridgehead atoms. The molecule has 0 aromatic heterocycles. The minimum Gasteiger partial charge on any atom is -0.481 e.